The van der Waals surface area contributed by atoms with E-state index in [-0.39, 0.29) is 5.41 Å². The van der Waals surface area contributed by atoms with E-state index < -0.39 is 0 Å². The highest BCUT2D eigenvalue weighted by molar-refractivity contribution is 6.31. The van der Waals surface area contributed by atoms with Crippen molar-refractivity contribution in [1.82, 2.24) is 5.32 Å². The minimum Gasteiger partial charge on any atom is -0.314 e. The second-order valence-corrected chi connectivity index (χ2v) is 6.20. The van der Waals surface area contributed by atoms with Gasteiger partial charge in [0.25, 0.3) is 0 Å². The summed E-state index contributed by atoms with van der Waals surface area (Å²) in [6.45, 7) is 9.94. The maximum absolute atomic E-state index is 6.47. The van der Waals surface area contributed by atoms with Crippen LogP contribution in [0.15, 0.2) is 24.3 Å². The quantitative estimate of drug-likeness (QED) is 0.693. The molecular weight excluding hydrogens is 254 g/mol. The number of halogens is 1. The number of benzene rings is 1. The van der Waals surface area contributed by atoms with Crippen LogP contribution in [-0.2, 0) is 5.41 Å². The van der Waals surface area contributed by atoms with Gasteiger partial charge >= 0.3 is 0 Å². The van der Waals surface area contributed by atoms with Gasteiger partial charge in [-0.25, -0.2) is 0 Å². The first-order chi connectivity index (χ1) is 9.05. The predicted molar refractivity (Wildman–Crippen MR) is 86.1 cm³/mol. The molecule has 0 aliphatic rings. The smallest absolute Gasteiger partial charge is 0.0444 e. The summed E-state index contributed by atoms with van der Waals surface area (Å²) in [5.74, 6) is 0. The summed E-state index contributed by atoms with van der Waals surface area (Å²) in [6.07, 6.45) is 4.74. The van der Waals surface area contributed by atoms with E-state index in [2.05, 4.69) is 45.1 Å². The van der Waals surface area contributed by atoms with Gasteiger partial charge in [-0.2, -0.15) is 0 Å². The lowest BCUT2D eigenvalue weighted by Gasteiger charge is -2.36. The Hall–Kier alpha value is -0.530. The monoisotopic (exact) mass is 281 g/mol. The van der Waals surface area contributed by atoms with Crippen LogP contribution >= 0.6 is 11.6 Å². The molecule has 1 nitrogen and oxygen atoms in total. The third-order valence-electron chi connectivity index (χ3n) is 3.75. The fourth-order valence-electron chi connectivity index (χ4n) is 2.91. The van der Waals surface area contributed by atoms with Crippen LogP contribution in [-0.4, -0.2) is 12.6 Å². The van der Waals surface area contributed by atoms with Crippen LogP contribution in [0.3, 0.4) is 0 Å². The highest BCUT2D eigenvalue weighted by Gasteiger charge is 2.32. The molecule has 2 heteroatoms. The van der Waals surface area contributed by atoms with E-state index in [9.17, 15) is 0 Å². The third-order valence-corrected chi connectivity index (χ3v) is 4.08. The topological polar surface area (TPSA) is 12.0 Å². The molecule has 0 spiro atoms. The lowest BCUT2D eigenvalue weighted by Crippen LogP contribution is -2.41. The van der Waals surface area contributed by atoms with Crippen molar-refractivity contribution in [2.45, 2.75) is 64.8 Å². The first-order valence-corrected chi connectivity index (χ1v) is 7.92. The second-order valence-electron chi connectivity index (χ2n) is 5.80. The van der Waals surface area contributed by atoms with Gasteiger partial charge in [0.2, 0.25) is 0 Å². The second kappa shape index (κ2) is 7.91. The van der Waals surface area contributed by atoms with Crippen molar-refractivity contribution >= 4 is 11.6 Å². The van der Waals surface area contributed by atoms with E-state index >= 15 is 0 Å². The van der Waals surface area contributed by atoms with Gasteiger partial charge in [-0.05, 0) is 24.5 Å². The normalized spacial score (nSPS) is 12.1. The lowest BCUT2D eigenvalue weighted by molar-refractivity contribution is 0.325. The molecule has 0 saturated heterocycles. The lowest BCUT2D eigenvalue weighted by atomic mass is 9.73. The molecule has 19 heavy (non-hydrogen) atoms. The molecule has 0 amide bonds. The van der Waals surface area contributed by atoms with Crippen LogP contribution in [0.1, 0.15) is 58.9 Å². The molecule has 0 aliphatic heterocycles. The first kappa shape index (κ1) is 16.5. The largest absolute Gasteiger partial charge is 0.314 e. The Morgan fingerprint density at radius 2 is 1.68 bits per heavy atom. The predicted octanol–water partition coefficient (Wildman–Crippen LogP) is 5.18. The Labute approximate surface area is 123 Å². The standard InChI is InChI=1S/C17H28ClN/c1-5-11-17(12-6-2,13-19-14(3)4)15-9-7-8-10-16(15)18/h7-10,14,19H,5-6,11-13H2,1-4H3. The van der Waals surface area contributed by atoms with E-state index in [1.54, 1.807) is 0 Å². The molecule has 0 radical (unpaired) electrons. The molecule has 108 valence electrons. The molecule has 0 bridgehead atoms. The average Bonchev–Trinajstić information content (AvgIpc) is 2.37. The maximum atomic E-state index is 6.47. The Balaban J connectivity index is 3.10. The first-order valence-electron chi connectivity index (χ1n) is 7.54. The minimum atomic E-state index is 0.173. The van der Waals surface area contributed by atoms with E-state index in [0.717, 1.165) is 11.6 Å². The van der Waals surface area contributed by atoms with Crippen molar-refractivity contribution in [1.29, 1.82) is 0 Å². The molecule has 0 heterocycles. The molecule has 0 aliphatic carbocycles. The maximum Gasteiger partial charge on any atom is 0.0444 e. The van der Waals surface area contributed by atoms with Gasteiger partial charge in [0.05, 0.1) is 0 Å². The molecule has 1 rings (SSSR count). The minimum absolute atomic E-state index is 0.173. The molecule has 0 fully saturated rings. The van der Waals surface area contributed by atoms with E-state index in [1.807, 2.05) is 12.1 Å². The van der Waals surface area contributed by atoms with E-state index in [0.29, 0.717) is 6.04 Å². The van der Waals surface area contributed by atoms with Crippen LogP contribution in [0.25, 0.3) is 0 Å². The van der Waals surface area contributed by atoms with Crippen molar-refractivity contribution in [3.8, 4) is 0 Å². The summed E-state index contributed by atoms with van der Waals surface area (Å²) in [4.78, 5) is 0. The van der Waals surface area contributed by atoms with Crippen molar-refractivity contribution in [2.75, 3.05) is 6.54 Å². The Bertz CT molecular complexity index is 367. The Morgan fingerprint density at radius 1 is 1.11 bits per heavy atom. The van der Waals surface area contributed by atoms with Crippen molar-refractivity contribution in [3.05, 3.63) is 34.9 Å². The van der Waals surface area contributed by atoms with Crippen LogP contribution < -0.4 is 5.32 Å². The van der Waals surface area contributed by atoms with Crippen molar-refractivity contribution < 1.29 is 0 Å². The van der Waals surface area contributed by atoms with Gasteiger partial charge in [-0.3, -0.25) is 0 Å². The molecule has 1 N–H and O–H groups in total. The van der Waals surface area contributed by atoms with Gasteiger partial charge in [0, 0.05) is 23.0 Å². The summed E-state index contributed by atoms with van der Waals surface area (Å²) >= 11 is 6.47. The zero-order chi connectivity index (χ0) is 14.3. The SMILES string of the molecule is CCCC(CCC)(CNC(C)C)c1ccccc1Cl. The molecule has 0 saturated carbocycles. The summed E-state index contributed by atoms with van der Waals surface area (Å²) in [5, 5.41) is 4.54. The highest BCUT2D eigenvalue weighted by Crippen LogP contribution is 2.38. The zero-order valence-electron chi connectivity index (χ0n) is 12.8. The summed E-state index contributed by atoms with van der Waals surface area (Å²) in [5.41, 5.74) is 1.49. The fraction of sp³-hybridized carbons (Fsp3) is 0.647. The molecular formula is C17H28ClN. The molecule has 0 unspecified atom stereocenters. The molecule has 1 aromatic carbocycles. The third kappa shape index (κ3) is 4.50. The summed E-state index contributed by atoms with van der Waals surface area (Å²) in [6, 6.07) is 8.86. The van der Waals surface area contributed by atoms with E-state index in [4.69, 9.17) is 11.6 Å². The number of nitrogens with one attached hydrogen (secondary N) is 1. The van der Waals surface area contributed by atoms with Gasteiger partial charge in [0.1, 0.15) is 0 Å². The van der Waals surface area contributed by atoms with Gasteiger partial charge in [-0.1, -0.05) is 70.3 Å². The fourth-order valence-corrected chi connectivity index (χ4v) is 3.25. The van der Waals surface area contributed by atoms with Crippen LogP contribution in [0.4, 0.5) is 0 Å². The highest BCUT2D eigenvalue weighted by atomic mass is 35.5. The zero-order valence-corrected chi connectivity index (χ0v) is 13.6. The van der Waals surface area contributed by atoms with Crippen molar-refractivity contribution in [2.24, 2.45) is 0 Å². The van der Waals surface area contributed by atoms with Gasteiger partial charge in [-0.15, -0.1) is 0 Å². The van der Waals surface area contributed by atoms with Crippen LogP contribution in [0, 0.1) is 0 Å². The molecule has 0 aromatic heterocycles. The van der Waals surface area contributed by atoms with Gasteiger partial charge < -0.3 is 5.32 Å². The number of hydrogen-bond acceptors (Lipinski definition) is 1. The molecule has 0 atom stereocenters. The Kier molecular flexibility index (Phi) is 6.88. The summed E-state index contributed by atoms with van der Waals surface area (Å²) in [7, 11) is 0. The van der Waals surface area contributed by atoms with Crippen LogP contribution in [0.2, 0.25) is 5.02 Å². The number of hydrogen-bond donors (Lipinski definition) is 1. The Morgan fingerprint density at radius 3 is 2.16 bits per heavy atom. The average molecular weight is 282 g/mol. The van der Waals surface area contributed by atoms with Crippen LogP contribution in [0.5, 0.6) is 0 Å². The van der Waals surface area contributed by atoms with Crippen molar-refractivity contribution in [3.63, 3.8) is 0 Å². The summed E-state index contributed by atoms with van der Waals surface area (Å²) < 4.78 is 0. The van der Waals surface area contributed by atoms with E-state index in [1.165, 1.54) is 31.2 Å². The van der Waals surface area contributed by atoms with Gasteiger partial charge in [0.15, 0.2) is 0 Å². The molecule has 1 aromatic rings. The number of rotatable bonds is 8.